The van der Waals surface area contributed by atoms with E-state index in [9.17, 15) is 0 Å². The van der Waals surface area contributed by atoms with Crippen LogP contribution in [0.2, 0.25) is 0 Å². The van der Waals surface area contributed by atoms with Crippen molar-refractivity contribution in [3.63, 3.8) is 0 Å². The van der Waals surface area contributed by atoms with Crippen molar-refractivity contribution in [2.24, 2.45) is 5.92 Å². The molecule has 1 aliphatic rings. The van der Waals surface area contributed by atoms with Crippen molar-refractivity contribution in [3.8, 4) is 0 Å². The fraction of sp³-hybridized carbons (Fsp3) is 0.542. The number of benzene rings is 3. The van der Waals surface area contributed by atoms with E-state index in [0.29, 0.717) is 5.92 Å². The first-order chi connectivity index (χ1) is 26.7. The molecule has 0 aromatic heterocycles. The molecule has 0 amide bonds. The van der Waals surface area contributed by atoms with Gasteiger partial charge in [0.2, 0.25) is 0 Å². The molecule has 62 heavy (non-hydrogen) atoms. The van der Waals surface area contributed by atoms with Crippen molar-refractivity contribution < 1.29 is 21.7 Å². The molecule has 0 fully saturated rings. The molecular formula is C48H82Cl3N9SiTi-. The summed E-state index contributed by atoms with van der Waals surface area (Å²) < 4.78 is 0. The monoisotopic (exact) mass is 966 g/mol. The van der Waals surface area contributed by atoms with Gasteiger partial charge in [-0.2, -0.15) is 11.1 Å². The average Bonchev–Trinajstić information content (AvgIpc) is 3.32. The van der Waals surface area contributed by atoms with E-state index in [1.807, 2.05) is 0 Å². The number of nitrogens with zero attached hydrogens (tertiary/aromatic N) is 9. The van der Waals surface area contributed by atoms with Gasteiger partial charge in [0, 0.05) is 166 Å². The fourth-order valence-corrected chi connectivity index (χ4v) is 12.5. The molecule has 0 N–H and O–H groups in total. The Hall–Kier alpha value is -2.86. The van der Waals surface area contributed by atoms with Crippen LogP contribution in [0, 0.1) is 32.8 Å². The van der Waals surface area contributed by atoms with Gasteiger partial charge in [-0.05, 0) is 71.2 Å². The summed E-state index contributed by atoms with van der Waals surface area (Å²) in [5, 5.41) is 4.27. The minimum atomic E-state index is -1.74. The Bertz CT molecular complexity index is 1850. The molecule has 0 saturated carbocycles. The number of halogens is 3. The second-order valence-electron chi connectivity index (χ2n) is 18.0. The molecule has 349 valence electrons. The molecule has 0 saturated heterocycles. The summed E-state index contributed by atoms with van der Waals surface area (Å²) in [6.07, 6.45) is 3.36. The van der Waals surface area contributed by atoms with Gasteiger partial charge in [0.05, 0.1) is 34.1 Å². The molecule has 4 rings (SSSR count). The summed E-state index contributed by atoms with van der Waals surface area (Å²) in [5.74, 6) is 0.560. The van der Waals surface area contributed by atoms with Crippen LogP contribution in [0.5, 0.6) is 0 Å². The maximum absolute atomic E-state index is 3.36. The second kappa shape index (κ2) is 24.4. The van der Waals surface area contributed by atoms with Crippen molar-refractivity contribution in [1.82, 2.24) is 0 Å². The van der Waals surface area contributed by atoms with Gasteiger partial charge < -0.3 is 44.1 Å². The molecule has 3 aromatic rings. The van der Waals surface area contributed by atoms with Crippen molar-refractivity contribution in [3.05, 3.63) is 57.7 Å². The van der Waals surface area contributed by atoms with E-state index in [1.165, 1.54) is 100 Å². The van der Waals surface area contributed by atoms with Gasteiger partial charge in [0.1, 0.15) is 0 Å². The van der Waals surface area contributed by atoms with Gasteiger partial charge in [-0.1, -0.05) is 26.7 Å². The normalized spacial score (nSPS) is 12.7. The van der Waals surface area contributed by atoms with E-state index in [0.717, 1.165) is 0 Å². The Morgan fingerprint density at radius 1 is 0.387 bits per heavy atom. The molecule has 1 unspecified atom stereocenters. The number of rotatable bonds is 12. The van der Waals surface area contributed by atoms with E-state index in [2.05, 4.69) is 244 Å². The summed E-state index contributed by atoms with van der Waals surface area (Å²) >= 11 is 0. The summed E-state index contributed by atoms with van der Waals surface area (Å²) in [7, 11) is 37.5. The topological polar surface area (TPSA) is 29.2 Å². The summed E-state index contributed by atoms with van der Waals surface area (Å²) in [4.78, 5) is 20.7. The van der Waals surface area contributed by atoms with Crippen LogP contribution >= 0.6 is 37.2 Å². The standard InChI is InChI=1S/C39H66N9Si.C9H13.3ClH.Ti/c1-25-34(46(16)17)28(40(4)5)22-31(43(10)11)37(25)49(38-26(2)35(47(18)19)29(41(6)7)23-32(38)44(12)13)39-27(3)36(48(20)21)30(42(8)9)24-33(39)45(14)15;1-6-5-7(2)9(4)8(6)3;;;;/h22-24H,1-21H3;6H,1-4H3;3*1H;/q;-1;;;;. The van der Waals surface area contributed by atoms with Gasteiger partial charge in [-0.25, -0.2) is 5.57 Å². The van der Waals surface area contributed by atoms with E-state index >= 15 is 0 Å². The predicted molar refractivity (Wildman–Crippen MR) is 289 cm³/mol. The minimum absolute atomic E-state index is 0. The van der Waals surface area contributed by atoms with Crippen molar-refractivity contribution >= 4 is 113 Å². The maximum Gasteiger partial charge on any atom is 0.164 e. The van der Waals surface area contributed by atoms with Gasteiger partial charge in [-0.3, -0.25) is 6.08 Å². The second-order valence-corrected chi connectivity index (χ2v) is 20.3. The van der Waals surface area contributed by atoms with Crippen molar-refractivity contribution in [2.75, 3.05) is 171 Å². The molecule has 1 radical (unpaired) electrons. The molecule has 1 aliphatic carbocycles. The zero-order valence-corrected chi connectivity index (χ0v) is 48.1. The number of hydrogen-bond acceptors (Lipinski definition) is 9. The quantitative estimate of drug-likeness (QED) is 0.103. The third kappa shape index (κ3) is 12.3. The largest absolute Gasteiger partial charge is 0.378 e. The molecule has 0 spiro atoms. The molecule has 0 bridgehead atoms. The Kier molecular flexibility index (Phi) is 24.1. The van der Waals surface area contributed by atoms with Crippen LogP contribution < -0.4 is 59.7 Å². The van der Waals surface area contributed by atoms with Crippen LogP contribution in [0.4, 0.5) is 51.2 Å². The Balaban J connectivity index is 0. The average molecular weight is 968 g/mol. The molecule has 3 aromatic carbocycles. The molecule has 0 heterocycles. The van der Waals surface area contributed by atoms with Crippen LogP contribution in [0.1, 0.15) is 44.4 Å². The third-order valence-corrected chi connectivity index (χ3v) is 15.1. The fourth-order valence-electron chi connectivity index (χ4n) is 8.58. The summed E-state index contributed by atoms with van der Waals surface area (Å²) in [6.45, 7) is 15.7. The zero-order chi connectivity index (χ0) is 44.6. The zero-order valence-electron chi connectivity index (χ0n) is 43.1. The van der Waals surface area contributed by atoms with Crippen LogP contribution in [0.25, 0.3) is 0 Å². The molecule has 9 nitrogen and oxygen atoms in total. The van der Waals surface area contributed by atoms with Crippen molar-refractivity contribution in [2.45, 2.75) is 48.5 Å². The minimum Gasteiger partial charge on any atom is -0.378 e. The van der Waals surface area contributed by atoms with E-state index in [1.54, 1.807) is 0 Å². The number of allylic oxidation sites excluding steroid dienone is 4. The predicted octanol–water partition coefficient (Wildman–Crippen LogP) is 7.71. The van der Waals surface area contributed by atoms with Gasteiger partial charge >= 0.3 is 0 Å². The van der Waals surface area contributed by atoms with E-state index in [4.69, 9.17) is 0 Å². The maximum atomic E-state index is 3.36. The van der Waals surface area contributed by atoms with Gasteiger partial charge in [-0.15, -0.1) is 44.1 Å². The SMILES string of the molecule is CC1=[C-]C(C)C(C)=C1C.Cc1c(N(C)C)c(N(C)C)cc(N(C)C)c1[Si](c1c(N(C)C)cc(N(C)C)c(N(C)C)c1C)c1c(N(C)C)cc(N(C)C)c(N(C)C)c1C.Cl.Cl.Cl.[Ti]. The molecule has 14 heteroatoms. The van der Waals surface area contributed by atoms with Gasteiger partial charge in [0.15, 0.2) is 8.80 Å². The van der Waals surface area contributed by atoms with E-state index in [-0.39, 0.29) is 58.9 Å². The number of anilines is 9. The molecular weight excluding hydrogens is 885 g/mol. The summed E-state index contributed by atoms with van der Waals surface area (Å²) in [6, 6.07) is 7.25. The van der Waals surface area contributed by atoms with Crippen LogP contribution in [-0.4, -0.2) is 136 Å². The van der Waals surface area contributed by atoms with Gasteiger partial charge in [0.25, 0.3) is 0 Å². The first-order valence-electron chi connectivity index (χ1n) is 20.4. The first kappa shape index (κ1) is 61.2. The number of hydrogen-bond donors (Lipinski definition) is 0. The summed E-state index contributed by atoms with van der Waals surface area (Å²) in [5.41, 5.74) is 19.5. The third-order valence-electron chi connectivity index (χ3n) is 11.7. The molecule has 0 aliphatic heterocycles. The van der Waals surface area contributed by atoms with Crippen LogP contribution in [0.15, 0.2) is 34.9 Å². The van der Waals surface area contributed by atoms with E-state index < -0.39 is 8.80 Å². The van der Waals surface area contributed by atoms with Crippen molar-refractivity contribution in [1.29, 1.82) is 0 Å². The Labute approximate surface area is 414 Å². The smallest absolute Gasteiger partial charge is 0.164 e. The Morgan fingerprint density at radius 2 is 0.613 bits per heavy atom. The Morgan fingerprint density at radius 3 is 0.742 bits per heavy atom. The van der Waals surface area contributed by atoms with Crippen LogP contribution in [-0.2, 0) is 21.7 Å². The first-order valence-corrected chi connectivity index (χ1v) is 21.9. The van der Waals surface area contributed by atoms with Crippen LogP contribution in [0.3, 0.4) is 0 Å². The molecule has 1 atom stereocenters.